The van der Waals surface area contributed by atoms with Crippen molar-refractivity contribution in [3.8, 4) is 0 Å². The molecular formula is C12H23P. The van der Waals surface area contributed by atoms with E-state index in [4.69, 9.17) is 0 Å². The van der Waals surface area contributed by atoms with E-state index in [2.05, 4.69) is 41.5 Å². The predicted octanol–water partition coefficient (Wildman–Crippen LogP) is 4.04. The van der Waals surface area contributed by atoms with Gasteiger partial charge in [-0.1, -0.05) is 48.0 Å². The zero-order valence-electron chi connectivity index (χ0n) is 9.91. The van der Waals surface area contributed by atoms with Crippen LogP contribution in [0.4, 0.5) is 0 Å². The van der Waals surface area contributed by atoms with Crippen LogP contribution >= 0.6 is 8.58 Å². The minimum absolute atomic E-state index is 0.573. The summed E-state index contributed by atoms with van der Waals surface area (Å²) in [5.41, 5.74) is 1.19. The molecule has 0 amide bonds. The van der Waals surface area contributed by atoms with Crippen molar-refractivity contribution in [2.45, 2.75) is 64.7 Å². The Labute approximate surface area is 84.7 Å². The van der Waals surface area contributed by atoms with E-state index in [1.54, 1.807) is 0 Å². The highest BCUT2D eigenvalue weighted by atomic mass is 31.1. The molecular weight excluding hydrogens is 175 g/mol. The lowest BCUT2D eigenvalue weighted by molar-refractivity contribution is -0.0814. The van der Waals surface area contributed by atoms with E-state index in [0.29, 0.717) is 21.1 Å². The molecule has 0 bridgehead atoms. The maximum absolute atomic E-state index is 2.53. The summed E-state index contributed by atoms with van der Waals surface area (Å²) < 4.78 is 0. The SMILES string of the molecule is CCCC1(C)C(C)(C)C2(C)PC12C. The van der Waals surface area contributed by atoms with E-state index in [1.165, 1.54) is 21.4 Å². The highest BCUT2D eigenvalue weighted by Gasteiger charge is 2.87. The molecule has 2 fully saturated rings. The molecule has 1 aliphatic heterocycles. The average molecular weight is 198 g/mol. The Morgan fingerprint density at radius 3 is 1.77 bits per heavy atom. The van der Waals surface area contributed by atoms with Crippen LogP contribution in [0.25, 0.3) is 0 Å². The minimum Gasteiger partial charge on any atom is -0.107 e. The second kappa shape index (κ2) is 2.16. The van der Waals surface area contributed by atoms with Crippen molar-refractivity contribution in [2.75, 3.05) is 0 Å². The number of rotatable bonds is 2. The summed E-state index contributed by atoms with van der Waals surface area (Å²) in [4.78, 5) is 0. The van der Waals surface area contributed by atoms with Gasteiger partial charge in [0.05, 0.1) is 0 Å². The molecule has 76 valence electrons. The summed E-state index contributed by atoms with van der Waals surface area (Å²) in [5.74, 6) is 0. The van der Waals surface area contributed by atoms with Gasteiger partial charge in [-0.25, -0.2) is 0 Å². The van der Waals surface area contributed by atoms with Crippen LogP contribution in [-0.4, -0.2) is 10.3 Å². The van der Waals surface area contributed by atoms with Crippen molar-refractivity contribution >= 4 is 8.58 Å². The van der Waals surface area contributed by atoms with Crippen LogP contribution in [0.2, 0.25) is 0 Å². The first-order valence-corrected chi connectivity index (χ1v) is 6.56. The van der Waals surface area contributed by atoms with Crippen molar-refractivity contribution in [2.24, 2.45) is 10.8 Å². The van der Waals surface area contributed by atoms with Crippen LogP contribution < -0.4 is 0 Å². The van der Waals surface area contributed by atoms with Crippen molar-refractivity contribution in [3.05, 3.63) is 0 Å². The van der Waals surface area contributed by atoms with Gasteiger partial charge in [0.1, 0.15) is 0 Å². The fraction of sp³-hybridized carbons (Fsp3) is 1.00. The Bertz CT molecular complexity index is 258. The van der Waals surface area contributed by atoms with Crippen molar-refractivity contribution in [3.63, 3.8) is 0 Å². The van der Waals surface area contributed by atoms with Crippen molar-refractivity contribution in [1.29, 1.82) is 0 Å². The maximum Gasteiger partial charge on any atom is 0.00104 e. The molecule has 1 heteroatoms. The largest absolute Gasteiger partial charge is 0.107 e. The molecule has 0 nitrogen and oxygen atoms in total. The topological polar surface area (TPSA) is 0 Å². The van der Waals surface area contributed by atoms with E-state index in [1.807, 2.05) is 0 Å². The highest BCUT2D eigenvalue weighted by Crippen LogP contribution is 2.95. The maximum atomic E-state index is 2.53. The zero-order valence-corrected chi connectivity index (χ0v) is 10.9. The lowest BCUT2D eigenvalue weighted by Crippen LogP contribution is -2.66. The van der Waals surface area contributed by atoms with E-state index in [0.717, 1.165) is 0 Å². The van der Waals surface area contributed by atoms with Gasteiger partial charge in [0.2, 0.25) is 0 Å². The number of fused-ring (bicyclic) bond motifs is 1. The zero-order chi connectivity index (χ0) is 10.1. The van der Waals surface area contributed by atoms with Crippen LogP contribution in [0, 0.1) is 10.8 Å². The molecule has 0 radical (unpaired) electrons. The second-order valence-corrected chi connectivity index (χ2v) is 8.33. The molecule has 0 spiro atoms. The average Bonchev–Trinajstić information content (AvgIpc) is 2.55. The standard InChI is InChI=1S/C12H23P/c1-7-8-10(4)9(2,3)11(5)12(10,6)13-11/h13H,7-8H2,1-6H3. The molecule has 13 heavy (non-hydrogen) atoms. The van der Waals surface area contributed by atoms with Crippen molar-refractivity contribution < 1.29 is 0 Å². The van der Waals surface area contributed by atoms with Gasteiger partial charge in [0.25, 0.3) is 0 Å². The molecule has 1 saturated heterocycles. The van der Waals surface area contributed by atoms with Crippen LogP contribution in [0.15, 0.2) is 0 Å². The fourth-order valence-corrected chi connectivity index (χ4v) is 6.94. The molecule has 1 heterocycles. The smallest absolute Gasteiger partial charge is 0.00104 e. The van der Waals surface area contributed by atoms with Crippen LogP contribution in [0.5, 0.6) is 0 Å². The summed E-state index contributed by atoms with van der Waals surface area (Å²) in [5, 5.41) is 1.38. The quantitative estimate of drug-likeness (QED) is 0.587. The van der Waals surface area contributed by atoms with Crippen LogP contribution in [0.3, 0.4) is 0 Å². The van der Waals surface area contributed by atoms with Crippen LogP contribution in [-0.2, 0) is 0 Å². The Morgan fingerprint density at radius 1 is 0.923 bits per heavy atom. The predicted molar refractivity (Wildman–Crippen MR) is 61.9 cm³/mol. The van der Waals surface area contributed by atoms with Gasteiger partial charge in [-0.3, -0.25) is 0 Å². The Hall–Kier alpha value is 0.430. The first kappa shape index (κ1) is 9.97. The Morgan fingerprint density at radius 2 is 1.46 bits per heavy atom. The summed E-state index contributed by atoms with van der Waals surface area (Å²) in [6.07, 6.45) is 2.76. The summed E-state index contributed by atoms with van der Waals surface area (Å²) in [7, 11) is 1.21. The van der Waals surface area contributed by atoms with Gasteiger partial charge >= 0.3 is 0 Å². The third kappa shape index (κ3) is 0.685. The molecule has 1 aliphatic carbocycles. The first-order chi connectivity index (χ1) is 5.77. The van der Waals surface area contributed by atoms with E-state index in [9.17, 15) is 0 Å². The number of hydrogen-bond donors (Lipinski definition) is 0. The van der Waals surface area contributed by atoms with E-state index < -0.39 is 0 Å². The van der Waals surface area contributed by atoms with E-state index >= 15 is 0 Å². The molecule has 2 aliphatic rings. The molecule has 0 N–H and O–H groups in total. The van der Waals surface area contributed by atoms with Gasteiger partial charge in [-0.05, 0) is 17.3 Å². The molecule has 4 atom stereocenters. The van der Waals surface area contributed by atoms with E-state index in [-0.39, 0.29) is 0 Å². The summed E-state index contributed by atoms with van der Waals surface area (Å²) in [6.45, 7) is 14.9. The van der Waals surface area contributed by atoms with Gasteiger partial charge in [0.15, 0.2) is 0 Å². The van der Waals surface area contributed by atoms with Gasteiger partial charge in [0, 0.05) is 10.3 Å². The Balaban J connectivity index is 2.32. The van der Waals surface area contributed by atoms with Crippen LogP contribution in [0.1, 0.15) is 54.4 Å². The summed E-state index contributed by atoms with van der Waals surface area (Å²) >= 11 is 0. The monoisotopic (exact) mass is 198 g/mol. The second-order valence-electron chi connectivity index (χ2n) is 6.08. The number of hydrogen-bond acceptors (Lipinski definition) is 0. The molecule has 0 aromatic rings. The molecule has 2 rings (SSSR count). The third-order valence-electron chi connectivity index (χ3n) is 5.92. The van der Waals surface area contributed by atoms with Gasteiger partial charge < -0.3 is 0 Å². The minimum atomic E-state index is 0.573. The van der Waals surface area contributed by atoms with Crippen molar-refractivity contribution in [1.82, 2.24) is 0 Å². The van der Waals surface area contributed by atoms with Gasteiger partial charge in [-0.2, -0.15) is 0 Å². The summed E-state index contributed by atoms with van der Waals surface area (Å²) in [6, 6.07) is 0. The molecule has 0 aromatic heterocycles. The molecule has 0 aromatic carbocycles. The Kier molecular flexibility index (Phi) is 1.65. The molecule has 1 saturated carbocycles. The molecule has 4 unspecified atom stereocenters. The van der Waals surface area contributed by atoms with Gasteiger partial charge in [-0.15, -0.1) is 8.58 Å². The lowest BCUT2D eigenvalue weighted by atomic mass is 9.40. The fourth-order valence-electron chi connectivity index (χ4n) is 4.12. The highest BCUT2D eigenvalue weighted by molar-refractivity contribution is 7.52. The normalized spacial score (nSPS) is 58.6. The first-order valence-electron chi connectivity index (χ1n) is 5.56. The lowest BCUT2D eigenvalue weighted by Gasteiger charge is -2.63. The third-order valence-corrected chi connectivity index (χ3v) is 8.85.